The zero-order chi connectivity index (χ0) is 13.4. The van der Waals surface area contributed by atoms with Gasteiger partial charge in [0.15, 0.2) is 0 Å². The molecule has 0 aliphatic rings. The van der Waals surface area contributed by atoms with Crippen molar-refractivity contribution in [2.24, 2.45) is 0 Å². The minimum Gasteiger partial charge on any atom is -0.352 e. The molecule has 0 bridgehead atoms. The largest absolute Gasteiger partial charge is 0.352 e. The van der Waals surface area contributed by atoms with E-state index in [4.69, 9.17) is 0 Å². The van der Waals surface area contributed by atoms with E-state index in [2.05, 4.69) is 17.2 Å². The third-order valence-corrected chi connectivity index (χ3v) is 2.35. The minimum atomic E-state index is -0.149. The molecule has 18 heavy (non-hydrogen) atoms. The van der Waals surface area contributed by atoms with E-state index in [0.29, 0.717) is 30.6 Å². The summed E-state index contributed by atoms with van der Waals surface area (Å²) in [5.41, 5.74) is 1.13. The fourth-order valence-corrected chi connectivity index (χ4v) is 1.33. The van der Waals surface area contributed by atoms with E-state index < -0.39 is 0 Å². The Morgan fingerprint density at radius 2 is 1.72 bits per heavy atom. The highest BCUT2D eigenvalue weighted by molar-refractivity contribution is 5.94. The van der Waals surface area contributed by atoms with Crippen LogP contribution >= 0.6 is 0 Å². The van der Waals surface area contributed by atoms with Crippen LogP contribution in [0, 0.1) is 0 Å². The van der Waals surface area contributed by atoms with Gasteiger partial charge < -0.3 is 10.6 Å². The Kier molecular flexibility index (Phi) is 5.64. The Morgan fingerprint density at radius 1 is 1.11 bits per heavy atom. The summed E-state index contributed by atoms with van der Waals surface area (Å²) in [6, 6.07) is 9.03. The molecule has 0 atom stereocenters. The molecule has 0 fully saturated rings. The van der Waals surface area contributed by atoms with Gasteiger partial charge in [0, 0.05) is 24.2 Å². The molecule has 0 saturated carbocycles. The summed E-state index contributed by atoms with van der Waals surface area (Å²) in [5.74, 6) is -0.244. The summed E-state index contributed by atoms with van der Waals surface area (Å²) in [6.45, 7) is 6.26. The van der Waals surface area contributed by atoms with Crippen LogP contribution in [0.5, 0.6) is 0 Å². The summed E-state index contributed by atoms with van der Waals surface area (Å²) < 4.78 is 0. The molecule has 0 radical (unpaired) electrons. The lowest BCUT2D eigenvalue weighted by molar-refractivity contribution is -0.117. The van der Waals surface area contributed by atoms with Crippen molar-refractivity contribution in [2.45, 2.75) is 13.3 Å². The first kappa shape index (κ1) is 14.0. The molecule has 1 aromatic rings. The van der Waals surface area contributed by atoms with Gasteiger partial charge in [-0.3, -0.25) is 9.59 Å². The number of hydrogen-bond acceptors (Lipinski definition) is 2. The van der Waals surface area contributed by atoms with Crippen molar-refractivity contribution in [3.05, 3.63) is 48.0 Å². The van der Waals surface area contributed by atoms with Crippen LogP contribution in [0.3, 0.4) is 0 Å². The lowest BCUT2D eigenvalue weighted by Gasteiger charge is -2.06. The summed E-state index contributed by atoms with van der Waals surface area (Å²) >= 11 is 0. The van der Waals surface area contributed by atoms with Crippen LogP contribution in [0.2, 0.25) is 0 Å². The van der Waals surface area contributed by atoms with E-state index >= 15 is 0 Å². The van der Waals surface area contributed by atoms with Crippen molar-refractivity contribution in [3.63, 3.8) is 0 Å². The zero-order valence-electron chi connectivity index (χ0n) is 10.5. The summed E-state index contributed by atoms with van der Waals surface area (Å²) in [5, 5.41) is 5.50. The first-order valence-electron chi connectivity index (χ1n) is 5.88. The van der Waals surface area contributed by atoms with Gasteiger partial charge in [-0.15, -0.1) is 0 Å². The van der Waals surface area contributed by atoms with Gasteiger partial charge in [-0.1, -0.05) is 24.8 Å². The van der Waals surface area contributed by atoms with E-state index in [1.165, 1.54) is 0 Å². The average Bonchev–Trinajstić information content (AvgIpc) is 2.38. The molecular formula is C14H18N2O2. The second-order valence-corrected chi connectivity index (χ2v) is 4.01. The predicted octanol–water partition coefficient (Wildman–Crippen LogP) is 1.50. The Bertz CT molecular complexity index is 427. The number of nitrogens with one attached hydrogen (secondary N) is 2. The molecule has 0 saturated heterocycles. The Balaban J connectivity index is 2.17. The average molecular weight is 246 g/mol. The van der Waals surface area contributed by atoms with Crippen LogP contribution in [-0.4, -0.2) is 24.9 Å². The molecule has 4 heteroatoms. The van der Waals surface area contributed by atoms with E-state index in [1.807, 2.05) is 18.2 Å². The maximum absolute atomic E-state index is 11.6. The van der Waals surface area contributed by atoms with Gasteiger partial charge in [0.2, 0.25) is 5.91 Å². The van der Waals surface area contributed by atoms with E-state index in [9.17, 15) is 9.59 Å². The smallest absolute Gasteiger partial charge is 0.251 e. The maximum atomic E-state index is 11.6. The molecule has 0 aromatic heterocycles. The Morgan fingerprint density at radius 3 is 2.33 bits per heavy atom. The number of rotatable bonds is 6. The van der Waals surface area contributed by atoms with Crippen LogP contribution in [0.25, 0.3) is 0 Å². The molecule has 0 spiro atoms. The number of hydrogen-bond donors (Lipinski definition) is 2. The van der Waals surface area contributed by atoms with Gasteiger partial charge in [0.25, 0.3) is 5.91 Å². The van der Waals surface area contributed by atoms with Gasteiger partial charge in [-0.25, -0.2) is 0 Å². The highest BCUT2D eigenvalue weighted by Crippen LogP contribution is 1.97. The summed E-state index contributed by atoms with van der Waals surface area (Å²) in [4.78, 5) is 22.8. The Labute approximate surface area is 107 Å². The standard InChI is InChI=1S/C14H18N2O2/c1-11(2)13(17)15-9-6-10-16-14(18)12-7-4-3-5-8-12/h3-5,7-8H,1,6,9-10H2,2H3,(H,15,17)(H,16,18). The third kappa shape index (κ3) is 4.82. The second kappa shape index (κ2) is 7.27. The molecule has 2 N–H and O–H groups in total. The van der Waals surface area contributed by atoms with Gasteiger partial charge in [0.05, 0.1) is 0 Å². The second-order valence-electron chi connectivity index (χ2n) is 4.01. The van der Waals surface area contributed by atoms with Crippen LogP contribution in [0.4, 0.5) is 0 Å². The van der Waals surface area contributed by atoms with Crippen LogP contribution in [0.15, 0.2) is 42.5 Å². The summed E-state index contributed by atoms with van der Waals surface area (Å²) in [6.07, 6.45) is 0.692. The molecule has 96 valence electrons. The van der Waals surface area contributed by atoms with Crippen molar-refractivity contribution in [1.29, 1.82) is 0 Å². The molecule has 0 aliphatic carbocycles. The fourth-order valence-electron chi connectivity index (χ4n) is 1.33. The zero-order valence-corrected chi connectivity index (χ0v) is 10.5. The molecule has 0 aliphatic heterocycles. The molecule has 1 aromatic carbocycles. The molecule has 0 unspecified atom stereocenters. The van der Waals surface area contributed by atoms with Gasteiger partial charge in [-0.05, 0) is 25.5 Å². The molecule has 4 nitrogen and oxygen atoms in total. The maximum Gasteiger partial charge on any atom is 0.251 e. The number of benzene rings is 1. The summed E-state index contributed by atoms with van der Waals surface area (Å²) in [7, 11) is 0. The van der Waals surface area contributed by atoms with E-state index in [0.717, 1.165) is 0 Å². The Hall–Kier alpha value is -2.10. The van der Waals surface area contributed by atoms with Gasteiger partial charge >= 0.3 is 0 Å². The highest BCUT2D eigenvalue weighted by Gasteiger charge is 2.03. The fraction of sp³-hybridized carbons (Fsp3) is 0.286. The lowest BCUT2D eigenvalue weighted by Crippen LogP contribution is -2.30. The molecular weight excluding hydrogens is 228 g/mol. The minimum absolute atomic E-state index is 0.0955. The molecule has 1 rings (SSSR count). The van der Waals surface area contributed by atoms with Crippen molar-refractivity contribution < 1.29 is 9.59 Å². The van der Waals surface area contributed by atoms with Crippen LogP contribution < -0.4 is 10.6 Å². The van der Waals surface area contributed by atoms with Crippen LogP contribution in [-0.2, 0) is 4.79 Å². The quantitative estimate of drug-likeness (QED) is 0.590. The SMILES string of the molecule is C=C(C)C(=O)NCCCNC(=O)c1ccccc1. The first-order valence-corrected chi connectivity index (χ1v) is 5.88. The van der Waals surface area contributed by atoms with Crippen molar-refractivity contribution in [2.75, 3.05) is 13.1 Å². The van der Waals surface area contributed by atoms with E-state index in [1.54, 1.807) is 19.1 Å². The first-order chi connectivity index (χ1) is 8.61. The highest BCUT2D eigenvalue weighted by atomic mass is 16.2. The number of carbonyl (C=O) groups excluding carboxylic acids is 2. The van der Waals surface area contributed by atoms with E-state index in [-0.39, 0.29) is 11.8 Å². The van der Waals surface area contributed by atoms with Crippen molar-refractivity contribution in [1.82, 2.24) is 10.6 Å². The predicted molar refractivity (Wildman–Crippen MR) is 71.2 cm³/mol. The third-order valence-electron chi connectivity index (χ3n) is 2.35. The van der Waals surface area contributed by atoms with Crippen molar-refractivity contribution in [3.8, 4) is 0 Å². The number of carbonyl (C=O) groups is 2. The topological polar surface area (TPSA) is 58.2 Å². The van der Waals surface area contributed by atoms with Crippen LogP contribution in [0.1, 0.15) is 23.7 Å². The molecule has 0 heterocycles. The van der Waals surface area contributed by atoms with Gasteiger partial charge in [-0.2, -0.15) is 0 Å². The molecule has 2 amide bonds. The monoisotopic (exact) mass is 246 g/mol. The van der Waals surface area contributed by atoms with Gasteiger partial charge in [0.1, 0.15) is 0 Å². The van der Waals surface area contributed by atoms with Crippen molar-refractivity contribution >= 4 is 11.8 Å². The lowest BCUT2D eigenvalue weighted by atomic mass is 10.2. The normalized spacial score (nSPS) is 9.61. The number of amides is 2.